The second-order valence-electron chi connectivity index (χ2n) is 6.11. The molecule has 0 fully saturated rings. The first-order chi connectivity index (χ1) is 12.8. The topological polar surface area (TPSA) is 22.0 Å². The summed E-state index contributed by atoms with van der Waals surface area (Å²) < 4.78 is 1.72. The van der Waals surface area contributed by atoms with E-state index in [1.807, 2.05) is 97.5 Å². The fourth-order valence-corrected chi connectivity index (χ4v) is 3.03. The second kappa shape index (κ2) is 8.64. The number of pyridine rings is 1. The quantitative estimate of drug-likeness (QED) is 0.411. The summed E-state index contributed by atoms with van der Waals surface area (Å²) in [4.78, 5) is 12.9. The zero-order chi connectivity index (χ0) is 17.8. The van der Waals surface area contributed by atoms with Gasteiger partial charge >= 0.3 is 18.9 Å². The molecule has 3 heteroatoms. The molecule has 4 rings (SSSR count). The van der Waals surface area contributed by atoms with E-state index in [0.717, 1.165) is 27.9 Å². The molecular weight excluding hydrogens is 325 g/mol. The Morgan fingerprint density at radius 3 is 1.70 bits per heavy atom. The number of benzene rings is 3. The van der Waals surface area contributed by atoms with Gasteiger partial charge in [0.1, 0.15) is 0 Å². The molecule has 1 heterocycles. The Labute approximate surface area is 171 Å². The molecule has 0 unspecified atom stereocenters. The first kappa shape index (κ1) is 18.9. The summed E-state index contributed by atoms with van der Waals surface area (Å²) in [7, 11) is 0. The summed E-state index contributed by atoms with van der Waals surface area (Å²) in [6.07, 6.45) is 0. The predicted octanol–water partition coefficient (Wildman–Crippen LogP) is 2.24. The van der Waals surface area contributed by atoms with Crippen LogP contribution in [0.25, 0.3) is 22.4 Å². The molecule has 0 atom stereocenters. The van der Waals surface area contributed by atoms with E-state index in [9.17, 15) is 4.79 Å². The smallest absolute Gasteiger partial charge is 0.380 e. The van der Waals surface area contributed by atoms with Crippen LogP contribution in [0.1, 0.15) is 5.56 Å². The molecule has 0 bridgehead atoms. The Bertz CT molecular complexity index is 1060. The summed E-state index contributed by atoms with van der Waals surface area (Å²) >= 11 is 0. The van der Waals surface area contributed by atoms with E-state index in [1.165, 1.54) is 0 Å². The van der Waals surface area contributed by atoms with Gasteiger partial charge < -0.3 is 9.36 Å². The van der Waals surface area contributed by atoms with Crippen LogP contribution in [0.2, 0.25) is 0 Å². The Morgan fingerprint density at radius 2 is 1.11 bits per heavy atom. The van der Waals surface area contributed by atoms with Crippen molar-refractivity contribution in [2.45, 2.75) is 0 Å². The summed E-state index contributed by atoms with van der Waals surface area (Å²) in [5, 5.41) is 0. The van der Waals surface area contributed by atoms with E-state index in [1.54, 1.807) is 10.6 Å². The first-order valence-corrected chi connectivity index (χ1v) is 8.58. The maximum Gasteiger partial charge on any atom is 1.00 e. The van der Waals surface area contributed by atoms with E-state index < -0.39 is 0 Å². The molecule has 0 amide bonds. The third kappa shape index (κ3) is 4.26. The molecule has 0 aliphatic heterocycles. The molecule has 2 nitrogen and oxygen atoms in total. The number of hydrogen-bond acceptors (Lipinski definition) is 1. The minimum atomic E-state index is -0.0472. The van der Waals surface area contributed by atoms with Gasteiger partial charge in [-0.1, -0.05) is 91.5 Å². The van der Waals surface area contributed by atoms with Crippen LogP contribution in [0.4, 0.5) is 0 Å². The summed E-state index contributed by atoms with van der Waals surface area (Å²) in [5.41, 5.74) is 4.78. The van der Waals surface area contributed by atoms with Gasteiger partial charge in [0.2, 0.25) is 0 Å². The molecular formula is C24H18LiNO. The molecule has 27 heavy (non-hydrogen) atoms. The number of aromatic nitrogens is 1. The van der Waals surface area contributed by atoms with E-state index in [0.29, 0.717) is 0 Å². The van der Waals surface area contributed by atoms with Crippen molar-refractivity contribution in [1.29, 1.82) is 0 Å². The van der Waals surface area contributed by atoms with Gasteiger partial charge in [-0.3, -0.25) is 0 Å². The van der Waals surface area contributed by atoms with E-state index in [-0.39, 0.29) is 24.4 Å². The van der Waals surface area contributed by atoms with Crippen molar-refractivity contribution in [2.75, 3.05) is 0 Å². The minimum Gasteiger partial charge on any atom is -0.380 e. The van der Waals surface area contributed by atoms with Crippen LogP contribution in [0.15, 0.2) is 108 Å². The van der Waals surface area contributed by atoms with E-state index >= 15 is 0 Å². The van der Waals surface area contributed by atoms with Crippen LogP contribution in [0, 0.1) is 6.54 Å². The zero-order valence-corrected chi connectivity index (χ0v) is 15.2. The van der Waals surface area contributed by atoms with Crippen LogP contribution in [-0.4, -0.2) is 4.57 Å². The third-order valence-electron chi connectivity index (χ3n) is 4.32. The van der Waals surface area contributed by atoms with Crippen LogP contribution < -0.4 is 24.4 Å². The SMILES string of the molecule is O=c1cc(-c2ccccc2)cc(-c2ccccc2)n1[CH-]c1ccccc1.[Li+]. The Kier molecular flexibility index (Phi) is 6.04. The van der Waals surface area contributed by atoms with E-state index in [2.05, 4.69) is 6.07 Å². The monoisotopic (exact) mass is 343 g/mol. The summed E-state index contributed by atoms with van der Waals surface area (Å²) in [5.74, 6) is 0. The van der Waals surface area contributed by atoms with E-state index in [4.69, 9.17) is 0 Å². The molecule has 3 aromatic carbocycles. The normalized spacial score (nSPS) is 10.1. The Hall–Kier alpha value is -2.92. The molecule has 4 aromatic rings. The van der Waals surface area contributed by atoms with Crippen molar-refractivity contribution in [3.05, 3.63) is 126 Å². The van der Waals surface area contributed by atoms with Gasteiger partial charge in [0, 0.05) is 0 Å². The van der Waals surface area contributed by atoms with Crippen LogP contribution >= 0.6 is 0 Å². The molecule has 0 saturated carbocycles. The fourth-order valence-electron chi connectivity index (χ4n) is 3.03. The van der Waals surface area contributed by atoms with Crippen molar-refractivity contribution in [3.8, 4) is 22.4 Å². The van der Waals surface area contributed by atoms with Gasteiger partial charge in [-0.2, -0.15) is 0 Å². The van der Waals surface area contributed by atoms with Gasteiger partial charge in [-0.05, 0) is 28.5 Å². The van der Waals surface area contributed by atoms with Crippen molar-refractivity contribution < 1.29 is 18.9 Å². The summed E-state index contributed by atoms with van der Waals surface area (Å²) in [6, 6.07) is 33.7. The van der Waals surface area contributed by atoms with Crippen LogP contribution in [0.3, 0.4) is 0 Å². The number of nitrogens with zero attached hydrogens (tertiary/aromatic N) is 1. The summed E-state index contributed by atoms with van der Waals surface area (Å²) in [6.45, 7) is 1.89. The largest absolute Gasteiger partial charge is 1.00 e. The molecule has 0 aliphatic rings. The molecule has 0 radical (unpaired) electrons. The maximum atomic E-state index is 12.9. The van der Waals surface area contributed by atoms with Gasteiger partial charge in [-0.15, -0.1) is 17.7 Å². The Morgan fingerprint density at radius 1 is 0.593 bits per heavy atom. The van der Waals surface area contributed by atoms with Crippen LogP contribution in [-0.2, 0) is 0 Å². The van der Waals surface area contributed by atoms with Gasteiger partial charge in [0.25, 0.3) is 0 Å². The maximum absolute atomic E-state index is 12.9. The first-order valence-electron chi connectivity index (χ1n) is 8.58. The molecule has 1 aromatic heterocycles. The number of rotatable bonds is 4. The average Bonchev–Trinajstić information content (AvgIpc) is 2.71. The number of hydrogen-bond donors (Lipinski definition) is 0. The van der Waals surface area contributed by atoms with Crippen molar-refractivity contribution >= 4 is 0 Å². The van der Waals surface area contributed by atoms with Crippen molar-refractivity contribution in [3.63, 3.8) is 0 Å². The minimum absolute atomic E-state index is 0. The Balaban J connectivity index is 0.00000210. The third-order valence-corrected chi connectivity index (χ3v) is 4.32. The fraction of sp³-hybridized carbons (Fsp3) is 0. The van der Waals surface area contributed by atoms with Crippen molar-refractivity contribution in [2.24, 2.45) is 0 Å². The average molecular weight is 343 g/mol. The molecule has 126 valence electrons. The standard InChI is InChI=1S/C24H18NO.Li/c26-24-17-22(20-12-6-2-7-13-20)16-23(21-14-8-3-9-15-21)25(24)18-19-10-4-1-5-11-19;/h1-18H;/q-1;+1. The molecule has 0 saturated heterocycles. The second-order valence-corrected chi connectivity index (χ2v) is 6.11. The zero-order valence-electron chi connectivity index (χ0n) is 15.2. The molecule has 0 aliphatic carbocycles. The van der Waals surface area contributed by atoms with Gasteiger partial charge in [-0.25, -0.2) is 0 Å². The molecule has 0 spiro atoms. The predicted molar refractivity (Wildman–Crippen MR) is 107 cm³/mol. The van der Waals surface area contributed by atoms with Gasteiger partial charge in [0.15, 0.2) is 5.56 Å². The van der Waals surface area contributed by atoms with Crippen LogP contribution in [0.5, 0.6) is 0 Å². The molecule has 0 N–H and O–H groups in total. The van der Waals surface area contributed by atoms with Crippen molar-refractivity contribution in [1.82, 2.24) is 4.57 Å². The van der Waals surface area contributed by atoms with Gasteiger partial charge in [0.05, 0.1) is 0 Å².